The summed E-state index contributed by atoms with van der Waals surface area (Å²) in [5.74, 6) is -0.969. The molecule has 1 amide bonds. The zero-order chi connectivity index (χ0) is 15.8. The van der Waals surface area contributed by atoms with Crippen molar-refractivity contribution in [2.24, 2.45) is 5.92 Å². The topological polar surface area (TPSA) is 54.5 Å². The van der Waals surface area contributed by atoms with E-state index in [-0.39, 0.29) is 10.6 Å². The number of rotatable bonds is 5. The van der Waals surface area contributed by atoms with E-state index >= 15 is 0 Å². The van der Waals surface area contributed by atoms with Gasteiger partial charge in [0.2, 0.25) is 0 Å². The highest BCUT2D eigenvalue weighted by Gasteiger charge is 2.29. The molecule has 1 aliphatic carbocycles. The van der Waals surface area contributed by atoms with Gasteiger partial charge in [0.1, 0.15) is 10.7 Å². The van der Waals surface area contributed by atoms with Crippen molar-refractivity contribution in [2.45, 2.75) is 24.7 Å². The van der Waals surface area contributed by atoms with Crippen molar-refractivity contribution < 1.29 is 17.6 Å². The number of hydrogen-bond donors (Lipinski definition) is 0. The summed E-state index contributed by atoms with van der Waals surface area (Å²) in [6.07, 6.45) is 2.10. The first kappa shape index (κ1) is 16.5. The Kier molecular flexibility index (Phi) is 4.80. The third-order valence-electron chi connectivity index (χ3n) is 3.36. The fourth-order valence-electron chi connectivity index (χ4n) is 2.02. The molecule has 0 N–H and O–H groups in total. The van der Waals surface area contributed by atoms with E-state index in [2.05, 4.69) is 0 Å². The molecule has 116 valence electrons. The molecule has 21 heavy (non-hydrogen) atoms. The molecule has 4 nitrogen and oxygen atoms in total. The first-order valence-corrected chi connectivity index (χ1v) is 9.15. The third kappa shape index (κ3) is 3.87. The predicted molar refractivity (Wildman–Crippen MR) is 78.8 cm³/mol. The van der Waals surface area contributed by atoms with E-state index in [9.17, 15) is 17.6 Å². The van der Waals surface area contributed by atoms with Crippen molar-refractivity contribution in [3.8, 4) is 0 Å². The van der Waals surface area contributed by atoms with Crippen LogP contribution >= 0.6 is 22.3 Å². The zero-order valence-corrected chi connectivity index (χ0v) is 13.6. The van der Waals surface area contributed by atoms with Gasteiger partial charge in [0.05, 0.1) is 10.6 Å². The summed E-state index contributed by atoms with van der Waals surface area (Å²) < 4.78 is 36.8. The molecular weight excluding hydrogens is 340 g/mol. The van der Waals surface area contributed by atoms with Gasteiger partial charge in [-0.05, 0) is 37.8 Å². The molecule has 0 aliphatic heterocycles. The Labute approximate surface area is 132 Å². The first-order chi connectivity index (χ1) is 9.74. The first-order valence-electron chi connectivity index (χ1n) is 6.47. The molecule has 0 radical (unpaired) electrons. The van der Waals surface area contributed by atoms with E-state index in [0.717, 1.165) is 25.0 Å². The Morgan fingerprint density at radius 1 is 1.43 bits per heavy atom. The van der Waals surface area contributed by atoms with Gasteiger partial charge in [0.25, 0.3) is 15.0 Å². The van der Waals surface area contributed by atoms with E-state index < -0.39 is 25.7 Å². The van der Waals surface area contributed by atoms with Crippen LogP contribution in [0, 0.1) is 11.7 Å². The Hall–Kier alpha value is -0.850. The number of amides is 1. The van der Waals surface area contributed by atoms with Crippen LogP contribution in [0.2, 0.25) is 5.02 Å². The van der Waals surface area contributed by atoms with Gasteiger partial charge < -0.3 is 4.90 Å². The standard InChI is InChI=1S/C13H14Cl2FNO3S/c1-2-17(7-8-3-4-8)13(18)9-5-12(21(15,19)20)10(14)6-11(9)16/h5-6,8H,2-4,7H2,1H3. The maximum atomic E-state index is 13.9. The lowest BCUT2D eigenvalue weighted by atomic mass is 10.1. The van der Waals surface area contributed by atoms with Crippen molar-refractivity contribution in [1.29, 1.82) is 0 Å². The maximum absolute atomic E-state index is 13.9. The highest BCUT2D eigenvalue weighted by Crippen LogP contribution is 2.31. The summed E-state index contributed by atoms with van der Waals surface area (Å²) in [5, 5.41) is -0.343. The number of hydrogen-bond acceptors (Lipinski definition) is 3. The average molecular weight is 354 g/mol. The molecule has 0 bridgehead atoms. The number of benzene rings is 1. The molecule has 1 aromatic rings. The molecule has 1 fully saturated rings. The largest absolute Gasteiger partial charge is 0.339 e. The minimum atomic E-state index is -4.15. The van der Waals surface area contributed by atoms with Crippen LogP contribution in [0.25, 0.3) is 0 Å². The van der Waals surface area contributed by atoms with Crippen molar-refractivity contribution in [2.75, 3.05) is 13.1 Å². The lowest BCUT2D eigenvalue weighted by Crippen LogP contribution is -2.33. The number of halogens is 3. The molecule has 8 heteroatoms. The highest BCUT2D eigenvalue weighted by atomic mass is 35.7. The number of carbonyl (C=O) groups is 1. The number of carbonyl (C=O) groups excluding carboxylic acids is 1. The van der Waals surface area contributed by atoms with Crippen molar-refractivity contribution >= 4 is 37.2 Å². The lowest BCUT2D eigenvalue weighted by Gasteiger charge is -2.21. The van der Waals surface area contributed by atoms with Gasteiger partial charge in [-0.2, -0.15) is 0 Å². The fraction of sp³-hybridized carbons (Fsp3) is 0.462. The molecule has 0 heterocycles. The molecule has 1 aromatic carbocycles. The second-order valence-electron chi connectivity index (χ2n) is 4.99. The van der Waals surface area contributed by atoms with Crippen molar-refractivity contribution in [3.05, 3.63) is 28.5 Å². The van der Waals surface area contributed by atoms with E-state index in [1.54, 1.807) is 6.92 Å². The van der Waals surface area contributed by atoms with Gasteiger partial charge in [-0.1, -0.05) is 11.6 Å². The summed E-state index contributed by atoms with van der Waals surface area (Å²) in [4.78, 5) is 13.4. The Morgan fingerprint density at radius 3 is 2.52 bits per heavy atom. The Balaban J connectivity index is 2.39. The second-order valence-corrected chi connectivity index (χ2v) is 7.93. The summed E-state index contributed by atoms with van der Waals surface area (Å²) in [5.41, 5.74) is -0.332. The van der Waals surface area contributed by atoms with Crippen LogP contribution in [-0.2, 0) is 9.05 Å². The summed E-state index contributed by atoms with van der Waals surface area (Å²) in [6, 6.07) is 1.70. The molecule has 1 saturated carbocycles. The van der Waals surface area contributed by atoms with Crippen molar-refractivity contribution in [3.63, 3.8) is 0 Å². The predicted octanol–water partition coefficient (Wildman–Crippen LogP) is 3.28. The van der Waals surface area contributed by atoms with Gasteiger partial charge >= 0.3 is 0 Å². The van der Waals surface area contributed by atoms with Gasteiger partial charge in [-0.15, -0.1) is 0 Å². The molecule has 1 aliphatic rings. The molecule has 0 spiro atoms. The van der Waals surface area contributed by atoms with E-state index in [1.165, 1.54) is 4.90 Å². The van der Waals surface area contributed by atoms with E-state index in [1.807, 2.05) is 0 Å². The van der Waals surface area contributed by atoms with Crippen LogP contribution in [0.4, 0.5) is 4.39 Å². The molecule has 0 atom stereocenters. The summed E-state index contributed by atoms with van der Waals surface area (Å²) in [6.45, 7) is 2.74. The van der Waals surface area contributed by atoms with Crippen LogP contribution in [0.1, 0.15) is 30.1 Å². The SMILES string of the molecule is CCN(CC1CC1)C(=O)c1cc(S(=O)(=O)Cl)c(Cl)cc1F. The van der Waals surface area contributed by atoms with Crippen LogP contribution in [0.5, 0.6) is 0 Å². The minimum Gasteiger partial charge on any atom is -0.339 e. The quantitative estimate of drug-likeness (QED) is 0.763. The van der Waals surface area contributed by atoms with Gasteiger partial charge in [0, 0.05) is 23.8 Å². The van der Waals surface area contributed by atoms with Crippen molar-refractivity contribution in [1.82, 2.24) is 4.90 Å². The van der Waals surface area contributed by atoms with Gasteiger partial charge in [-0.3, -0.25) is 4.79 Å². The van der Waals surface area contributed by atoms with E-state index in [0.29, 0.717) is 19.0 Å². The second kappa shape index (κ2) is 6.10. The average Bonchev–Trinajstić information content (AvgIpc) is 3.17. The van der Waals surface area contributed by atoms with E-state index in [4.69, 9.17) is 22.3 Å². The van der Waals surface area contributed by atoms with Crippen LogP contribution in [0.3, 0.4) is 0 Å². The zero-order valence-electron chi connectivity index (χ0n) is 11.3. The Bertz CT molecular complexity index is 674. The van der Waals surface area contributed by atoms with Crippen LogP contribution in [0.15, 0.2) is 17.0 Å². The summed E-state index contributed by atoms with van der Waals surface area (Å²) in [7, 11) is 1.09. The number of nitrogens with zero attached hydrogens (tertiary/aromatic N) is 1. The highest BCUT2D eigenvalue weighted by molar-refractivity contribution is 8.13. The maximum Gasteiger partial charge on any atom is 0.262 e. The van der Waals surface area contributed by atoms with Crippen LogP contribution in [-0.4, -0.2) is 32.3 Å². The minimum absolute atomic E-state index is 0.332. The van der Waals surface area contributed by atoms with Gasteiger partial charge in [-0.25, -0.2) is 12.8 Å². The third-order valence-corrected chi connectivity index (χ3v) is 5.15. The fourth-order valence-corrected chi connectivity index (χ4v) is 3.52. The monoisotopic (exact) mass is 353 g/mol. The lowest BCUT2D eigenvalue weighted by molar-refractivity contribution is 0.0752. The Morgan fingerprint density at radius 2 is 2.05 bits per heavy atom. The van der Waals surface area contributed by atoms with Gasteiger partial charge in [0.15, 0.2) is 0 Å². The molecule has 2 rings (SSSR count). The molecular formula is C13H14Cl2FNO3S. The molecule has 0 aromatic heterocycles. The van der Waals surface area contributed by atoms with Crippen LogP contribution < -0.4 is 0 Å². The normalized spacial score (nSPS) is 15.0. The smallest absolute Gasteiger partial charge is 0.262 e. The molecule has 0 saturated heterocycles. The molecule has 0 unspecified atom stereocenters. The summed E-state index contributed by atoms with van der Waals surface area (Å²) >= 11 is 5.67.